The van der Waals surface area contributed by atoms with Gasteiger partial charge in [-0.2, -0.15) is 0 Å². The van der Waals surface area contributed by atoms with Crippen LogP contribution < -0.4 is 10.1 Å². The first-order valence-electron chi connectivity index (χ1n) is 8.23. The molecule has 0 aromatic heterocycles. The van der Waals surface area contributed by atoms with E-state index in [1.165, 1.54) is 5.56 Å². The molecule has 0 saturated carbocycles. The first kappa shape index (κ1) is 16.7. The van der Waals surface area contributed by atoms with Crippen molar-refractivity contribution in [1.82, 2.24) is 10.2 Å². The molecule has 4 heteroatoms. The molecule has 0 aliphatic carbocycles. The number of amides is 2. The highest BCUT2D eigenvalue weighted by molar-refractivity contribution is 5.74. The summed E-state index contributed by atoms with van der Waals surface area (Å²) in [6.07, 6.45) is 3.07. The molecule has 0 unspecified atom stereocenters. The Morgan fingerprint density at radius 1 is 1.18 bits per heavy atom. The van der Waals surface area contributed by atoms with E-state index >= 15 is 0 Å². The summed E-state index contributed by atoms with van der Waals surface area (Å²) in [7, 11) is 0. The first-order chi connectivity index (χ1) is 10.5. The van der Waals surface area contributed by atoms with Gasteiger partial charge < -0.3 is 15.0 Å². The first-order valence-corrected chi connectivity index (χ1v) is 8.23. The minimum absolute atomic E-state index is 0.0621. The van der Waals surface area contributed by atoms with Crippen molar-refractivity contribution in [3.8, 4) is 5.75 Å². The van der Waals surface area contributed by atoms with Crippen LogP contribution >= 0.6 is 0 Å². The summed E-state index contributed by atoms with van der Waals surface area (Å²) in [5.74, 6) is 0.888. The lowest BCUT2D eigenvalue weighted by Crippen LogP contribution is -2.38. The third-order valence-corrected chi connectivity index (χ3v) is 3.98. The topological polar surface area (TPSA) is 41.6 Å². The maximum atomic E-state index is 11.8. The van der Waals surface area contributed by atoms with E-state index < -0.39 is 0 Å². The molecule has 1 N–H and O–H groups in total. The number of urea groups is 1. The lowest BCUT2D eigenvalue weighted by molar-refractivity contribution is 0.207. The van der Waals surface area contributed by atoms with Crippen molar-refractivity contribution in [2.24, 2.45) is 0 Å². The average Bonchev–Trinajstić information content (AvgIpc) is 3.00. The van der Waals surface area contributed by atoms with Gasteiger partial charge in [-0.05, 0) is 42.4 Å². The van der Waals surface area contributed by atoms with Gasteiger partial charge in [-0.1, -0.05) is 32.9 Å². The predicted molar refractivity (Wildman–Crippen MR) is 89.5 cm³/mol. The third kappa shape index (κ3) is 4.93. The minimum Gasteiger partial charge on any atom is -0.494 e. The van der Waals surface area contributed by atoms with Gasteiger partial charge in [-0.25, -0.2) is 4.79 Å². The van der Waals surface area contributed by atoms with Gasteiger partial charge in [0.1, 0.15) is 5.75 Å². The van der Waals surface area contributed by atoms with Crippen molar-refractivity contribution in [1.29, 1.82) is 0 Å². The molecule has 122 valence electrons. The number of hydrogen-bond acceptors (Lipinski definition) is 2. The van der Waals surface area contributed by atoms with Crippen LogP contribution in [0.1, 0.15) is 45.6 Å². The summed E-state index contributed by atoms with van der Waals surface area (Å²) in [6, 6.07) is 8.33. The molecular formula is C18H28N2O2. The van der Waals surface area contributed by atoms with Crippen LogP contribution in [0.2, 0.25) is 0 Å². The van der Waals surface area contributed by atoms with Crippen LogP contribution in [0, 0.1) is 0 Å². The van der Waals surface area contributed by atoms with E-state index in [-0.39, 0.29) is 11.4 Å². The fraction of sp³-hybridized carbons (Fsp3) is 0.611. The SMILES string of the molecule is CC(C)(C)c1ccc(OCCCNC(=O)N2CCCC2)cc1. The van der Waals surface area contributed by atoms with Crippen molar-refractivity contribution in [2.75, 3.05) is 26.2 Å². The summed E-state index contributed by atoms with van der Waals surface area (Å²) in [5, 5.41) is 2.95. The van der Waals surface area contributed by atoms with Gasteiger partial charge in [-0.15, -0.1) is 0 Å². The fourth-order valence-corrected chi connectivity index (χ4v) is 2.54. The Bertz CT molecular complexity index is 471. The number of carbonyl (C=O) groups excluding carboxylic acids is 1. The van der Waals surface area contributed by atoms with Gasteiger partial charge >= 0.3 is 6.03 Å². The Morgan fingerprint density at radius 2 is 1.82 bits per heavy atom. The molecule has 1 aromatic rings. The quantitative estimate of drug-likeness (QED) is 0.845. The largest absolute Gasteiger partial charge is 0.494 e. The van der Waals surface area contributed by atoms with Crippen LogP contribution in [-0.4, -0.2) is 37.2 Å². The van der Waals surface area contributed by atoms with Gasteiger partial charge in [0.2, 0.25) is 0 Å². The summed E-state index contributed by atoms with van der Waals surface area (Å²) in [6.45, 7) is 9.67. The van der Waals surface area contributed by atoms with E-state index in [1.54, 1.807) is 0 Å². The molecule has 2 amide bonds. The maximum Gasteiger partial charge on any atom is 0.317 e. The smallest absolute Gasteiger partial charge is 0.317 e. The molecule has 1 heterocycles. The van der Waals surface area contributed by atoms with E-state index in [0.717, 1.165) is 38.1 Å². The molecular weight excluding hydrogens is 276 g/mol. The molecule has 2 rings (SSSR count). The van der Waals surface area contributed by atoms with Crippen LogP contribution in [0.5, 0.6) is 5.75 Å². The lowest BCUT2D eigenvalue weighted by Gasteiger charge is -2.19. The average molecular weight is 304 g/mol. The summed E-state index contributed by atoms with van der Waals surface area (Å²) in [4.78, 5) is 13.7. The molecule has 0 spiro atoms. The Labute approximate surface area is 133 Å². The molecule has 0 bridgehead atoms. The second-order valence-electron chi connectivity index (χ2n) is 6.90. The zero-order chi connectivity index (χ0) is 16.0. The van der Waals surface area contributed by atoms with Gasteiger partial charge in [-0.3, -0.25) is 0 Å². The number of hydrogen-bond donors (Lipinski definition) is 1. The molecule has 0 atom stereocenters. The van der Waals surface area contributed by atoms with Gasteiger partial charge in [0.15, 0.2) is 0 Å². The van der Waals surface area contributed by atoms with Gasteiger partial charge in [0, 0.05) is 19.6 Å². The second kappa shape index (κ2) is 7.52. The highest BCUT2D eigenvalue weighted by atomic mass is 16.5. The van der Waals surface area contributed by atoms with E-state index in [1.807, 2.05) is 17.0 Å². The zero-order valence-corrected chi connectivity index (χ0v) is 14.0. The molecule has 4 nitrogen and oxygen atoms in total. The molecule has 1 fully saturated rings. The number of rotatable bonds is 5. The summed E-state index contributed by atoms with van der Waals surface area (Å²) in [5.41, 5.74) is 1.47. The molecule has 1 aliphatic rings. The van der Waals surface area contributed by atoms with Crippen LogP contribution in [0.4, 0.5) is 4.79 Å². The molecule has 22 heavy (non-hydrogen) atoms. The van der Waals surface area contributed by atoms with E-state index in [4.69, 9.17) is 4.74 Å². The standard InChI is InChI=1S/C18H28N2O2/c1-18(2,3)15-7-9-16(10-8-15)22-14-6-11-19-17(21)20-12-4-5-13-20/h7-10H,4-6,11-14H2,1-3H3,(H,19,21). The third-order valence-electron chi connectivity index (χ3n) is 3.98. The summed E-state index contributed by atoms with van der Waals surface area (Å²) >= 11 is 0. The van der Waals surface area contributed by atoms with Crippen LogP contribution in [-0.2, 0) is 5.41 Å². The van der Waals surface area contributed by atoms with Crippen LogP contribution in [0.15, 0.2) is 24.3 Å². The molecule has 0 radical (unpaired) electrons. The Morgan fingerprint density at radius 3 is 2.41 bits per heavy atom. The predicted octanol–water partition coefficient (Wildman–Crippen LogP) is 3.56. The lowest BCUT2D eigenvalue weighted by atomic mass is 9.87. The number of benzene rings is 1. The molecule has 1 aromatic carbocycles. The Kier molecular flexibility index (Phi) is 5.69. The number of likely N-dealkylation sites (tertiary alicyclic amines) is 1. The van der Waals surface area contributed by atoms with E-state index in [0.29, 0.717) is 13.2 Å². The van der Waals surface area contributed by atoms with Crippen molar-refractivity contribution in [3.63, 3.8) is 0 Å². The molecule has 1 aliphatic heterocycles. The zero-order valence-electron chi connectivity index (χ0n) is 14.0. The Balaban J connectivity index is 1.63. The van der Waals surface area contributed by atoms with Crippen molar-refractivity contribution >= 4 is 6.03 Å². The summed E-state index contributed by atoms with van der Waals surface area (Å²) < 4.78 is 5.72. The monoisotopic (exact) mass is 304 g/mol. The highest BCUT2D eigenvalue weighted by Crippen LogP contribution is 2.24. The maximum absolute atomic E-state index is 11.8. The van der Waals surface area contributed by atoms with Crippen molar-refractivity contribution < 1.29 is 9.53 Å². The van der Waals surface area contributed by atoms with E-state index in [2.05, 4.69) is 38.2 Å². The number of nitrogens with zero attached hydrogens (tertiary/aromatic N) is 1. The van der Waals surface area contributed by atoms with Gasteiger partial charge in [0.25, 0.3) is 0 Å². The van der Waals surface area contributed by atoms with Crippen LogP contribution in [0.25, 0.3) is 0 Å². The van der Waals surface area contributed by atoms with Crippen LogP contribution in [0.3, 0.4) is 0 Å². The number of ether oxygens (including phenoxy) is 1. The normalized spacial score (nSPS) is 15.0. The number of nitrogens with one attached hydrogen (secondary N) is 1. The number of carbonyl (C=O) groups is 1. The van der Waals surface area contributed by atoms with Crippen molar-refractivity contribution in [3.05, 3.63) is 29.8 Å². The second-order valence-corrected chi connectivity index (χ2v) is 6.90. The van der Waals surface area contributed by atoms with E-state index in [9.17, 15) is 4.79 Å². The fourth-order valence-electron chi connectivity index (χ4n) is 2.54. The van der Waals surface area contributed by atoms with Gasteiger partial charge in [0.05, 0.1) is 6.61 Å². The highest BCUT2D eigenvalue weighted by Gasteiger charge is 2.16. The van der Waals surface area contributed by atoms with Crippen molar-refractivity contribution in [2.45, 2.75) is 45.4 Å². The molecule has 1 saturated heterocycles. The Hall–Kier alpha value is -1.71. The minimum atomic E-state index is 0.0621.